The number of aryl methyl sites for hydroxylation is 1. The van der Waals surface area contributed by atoms with Crippen LogP contribution < -0.4 is 5.56 Å². The fraction of sp³-hybridized carbons (Fsp3) is 0.273. The zero-order valence-electron chi connectivity index (χ0n) is 9.58. The van der Waals surface area contributed by atoms with Crippen LogP contribution in [0.5, 0.6) is 0 Å². The highest BCUT2D eigenvalue weighted by atomic mass is 19.3. The number of hydrogen-bond acceptors (Lipinski definition) is 5. The molecule has 0 aliphatic carbocycles. The Labute approximate surface area is 105 Å². The van der Waals surface area contributed by atoms with Crippen molar-refractivity contribution in [2.75, 3.05) is 0 Å². The SMILES string of the molecule is N#CCCn1ccc(-c2nnc(C(F)F)o2)cc1=O. The molecule has 0 aromatic carbocycles. The van der Waals surface area contributed by atoms with Gasteiger partial charge in [0, 0.05) is 24.4 Å². The third kappa shape index (κ3) is 2.82. The maximum atomic E-state index is 12.3. The van der Waals surface area contributed by atoms with Crippen molar-refractivity contribution >= 4 is 0 Å². The van der Waals surface area contributed by atoms with Crippen molar-refractivity contribution in [1.29, 1.82) is 5.26 Å². The molecule has 0 unspecified atom stereocenters. The van der Waals surface area contributed by atoms with Crippen LogP contribution in [0.1, 0.15) is 18.7 Å². The van der Waals surface area contributed by atoms with Gasteiger partial charge in [-0.2, -0.15) is 14.0 Å². The fourth-order valence-electron chi connectivity index (χ4n) is 1.44. The molecule has 0 N–H and O–H groups in total. The molecule has 2 heterocycles. The number of halogens is 2. The molecule has 2 aromatic heterocycles. The summed E-state index contributed by atoms with van der Waals surface area (Å²) >= 11 is 0. The van der Waals surface area contributed by atoms with E-state index < -0.39 is 12.3 Å². The molecule has 8 heteroatoms. The van der Waals surface area contributed by atoms with Gasteiger partial charge < -0.3 is 8.98 Å². The van der Waals surface area contributed by atoms with Gasteiger partial charge in [0.15, 0.2) is 0 Å². The molecule has 0 aliphatic rings. The Hall–Kier alpha value is -2.56. The minimum Gasteiger partial charge on any atom is -0.415 e. The molecule has 0 spiro atoms. The molecule has 0 saturated carbocycles. The van der Waals surface area contributed by atoms with Crippen molar-refractivity contribution in [2.24, 2.45) is 0 Å². The lowest BCUT2D eigenvalue weighted by molar-refractivity contribution is 0.116. The molecule has 0 saturated heterocycles. The van der Waals surface area contributed by atoms with Gasteiger partial charge in [0.25, 0.3) is 11.4 Å². The van der Waals surface area contributed by atoms with Gasteiger partial charge in [-0.05, 0) is 6.07 Å². The molecule has 2 rings (SSSR count). The van der Waals surface area contributed by atoms with E-state index in [1.807, 2.05) is 6.07 Å². The first-order chi connectivity index (χ1) is 9.11. The van der Waals surface area contributed by atoms with Gasteiger partial charge in [0.1, 0.15) is 0 Å². The maximum absolute atomic E-state index is 12.3. The molecular formula is C11H8F2N4O2. The van der Waals surface area contributed by atoms with Crippen LogP contribution in [0.15, 0.2) is 27.5 Å². The van der Waals surface area contributed by atoms with Gasteiger partial charge in [0.05, 0.1) is 12.5 Å². The summed E-state index contributed by atoms with van der Waals surface area (Å²) in [4.78, 5) is 11.7. The second-order valence-corrected chi connectivity index (χ2v) is 3.60. The molecule has 0 amide bonds. The highest BCUT2D eigenvalue weighted by Crippen LogP contribution is 2.21. The number of pyridine rings is 1. The van der Waals surface area contributed by atoms with E-state index in [0.29, 0.717) is 0 Å². The Morgan fingerprint density at radius 3 is 2.84 bits per heavy atom. The largest absolute Gasteiger partial charge is 0.415 e. The summed E-state index contributed by atoms with van der Waals surface area (Å²) in [6.07, 6.45) is -1.20. The Bertz CT molecular complexity index is 672. The highest BCUT2D eigenvalue weighted by molar-refractivity contribution is 5.50. The van der Waals surface area contributed by atoms with Crippen LogP contribution >= 0.6 is 0 Å². The average molecular weight is 266 g/mol. The Balaban J connectivity index is 2.28. The number of nitrogens with zero attached hydrogens (tertiary/aromatic N) is 4. The summed E-state index contributed by atoms with van der Waals surface area (Å²) in [7, 11) is 0. The van der Waals surface area contributed by atoms with E-state index in [9.17, 15) is 13.6 Å². The Kier molecular flexibility index (Phi) is 3.66. The second kappa shape index (κ2) is 5.39. The number of rotatable bonds is 4. The van der Waals surface area contributed by atoms with E-state index in [0.717, 1.165) is 0 Å². The minimum absolute atomic E-state index is 0.139. The predicted octanol–water partition coefficient (Wildman–Crippen LogP) is 1.75. The smallest absolute Gasteiger partial charge is 0.314 e. The van der Waals surface area contributed by atoms with Gasteiger partial charge in [0.2, 0.25) is 5.89 Å². The summed E-state index contributed by atoms with van der Waals surface area (Å²) in [6, 6.07) is 4.60. The first-order valence-electron chi connectivity index (χ1n) is 5.31. The van der Waals surface area contributed by atoms with Crippen molar-refractivity contribution in [3.63, 3.8) is 0 Å². The van der Waals surface area contributed by atoms with Gasteiger partial charge in [-0.15, -0.1) is 10.2 Å². The molecule has 2 aromatic rings. The summed E-state index contributed by atoms with van der Waals surface area (Å²) in [6.45, 7) is 0.266. The molecule has 0 bridgehead atoms. The first kappa shape index (κ1) is 12.9. The number of nitriles is 1. The average Bonchev–Trinajstić information content (AvgIpc) is 2.87. The molecular weight excluding hydrogens is 258 g/mol. The van der Waals surface area contributed by atoms with Crippen molar-refractivity contribution in [3.05, 3.63) is 34.6 Å². The van der Waals surface area contributed by atoms with Gasteiger partial charge >= 0.3 is 6.43 Å². The van der Waals surface area contributed by atoms with E-state index in [2.05, 4.69) is 10.2 Å². The number of hydrogen-bond donors (Lipinski definition) is 0. The van der Waals surface area contributed by atoms with Gasteiger partial charge in [-0.1, -0.05) is 0 Å². The minimum atomic E-state index is -2.85. The van der Waals surface area contributed by atoms with Crippen molar-refractivity contribution in [3.8, 4) is 17.5 Å². The van der Waals surface area contributed by atoms with Crippen molar-refractivity contribution < 1.29 is 13.2 Å². The van der Waals surface area contributed by atoms with E-state index in [1.54, 1.807) is 0 Å². The van der Waals surface area contributed by atoms with Crippen molar-refractivity contribution in [2.45, 2.75) is 19.4 Å². The third-order valence-electron chi connectivity index (χ3n) is 2.33. The van der Waals surface area contributed by atoms with E-state index in [1.165, 1.54) is 22.9 Å². The molecule has 0 radical (unpaired) electrons. The van der Waals surface area contributed by atoms with Crippen LogP contribution in [0.25, 0.3) is 11.5 Å². The predicted molar refractivity (Wildman–Crippen MR) is 59.2 cm³/mol. The monoisotopic (exact) mass is 266 g/mol. The number of alkyl halides is 2. The second-order valence-electron chi connectivity index (χ2n) is 3.60. The Morgan fingerprint density at radius 2 is 2.26 bits per heavy atom. The summed E-state index contributed by atoms with van der Waals surface area (Å²) < 4.78 is 30.6. The summed E-state index contributed by atoms with van der Waals surface area (Å²) in [5.41, 5.74) is -0.109. The van der Waals surface area contributed by atoms with Crippen LogP contribution in [0.4, 0.5) is 8.78 Å². The van der Waals surface area contributed by atoms with Gasteiger partial charge in [-0.25, -0.2) is 0 Å². The lowest BCUT2D eigenvalue weighted by Crippen LogP contribution is -2.18. The third-order valence-corrected chi connectivity index (χ3v) is 2.33. The molecule has 0 fully saturated rings. The molecule has 98 valence electrons. The molecule has 0 atom stereocenters. The zero-order chi connectivity index (χ0) is 13.8. The molecule has 6 nitrogen and oxygen atoms in total. The van der Waals surface area contributed by atoms with Crippen LogP contribution in [0.3, 0.4) is 0 Å². The molecule has 19 heavy (non-hydrogen) atoms. The van der Waals surface area contributed by atoms with Crippen LogP contribution in [0.2, 0.25) is 0 Å². The molecule has 0 aliphatic heterocycles. The normalized spacial score (nSPS) is 10.6. The van der Waals surface area contributed by atoms with Crippen LogP contribution in [0, 0.1) is 11.3 Å². The van der Waals surface area contributed by atoms with E-state index >= 15 is 0 Å². The summed E-state index contributed by atoms with van der Waals surface area (Å²) in [5, 5.41) is 15.1. The lowest BCUT2D eigenvalue weighted by Gasteiger charge is -2.02. The topological polar surface area (TPSA) is 84.7 Å². The highest BCUT2D eigenvalue weighted by Gasteiger charge is 2.17. The zero-order valence-corrected chi connectivity index (χ0v) is 9.58. The lowest BCUT2D eigenvalue weighted by atomic mass is 10.2. The van der Waals surface area contributed by atoms with Crippen molar-refractivity contribution in [1.82, 2.24) is 14.8 Å². The Morgan fingerprint density at radius 1 is 1.47 bits per heavy atom. The van der Waals surface area contributed by atoms with E-state index in [4.69, 9.17) is 9.68 Å². The van der Waals surface area contributed by atoms with E-state index in [-0.39, 0.29) is 30.0 Å². The fourth-order valence-corrected chi connectivity index (χ4v) is 1.44. The standard InChI is InChI=1S/C11H8F2N4O2/c12-9(13)11-16-15-10(19-11)7-2-5-17(4-1-3-14)8(18)6-7/h2,5-6,9H,1,4H2. The maximum Gasteiger partial charge on any atom is 0.314 e. The van der Waals surface area contributed by atoms with Gasteiger partial charge in [-0.3, -0.25) is 4.79 Å². The number of aromatic nitrogens is 3. The van der Waals surface area contributed by atoms with Crippen LogP contribution in [-0.4, -0.2) is 14.8 Å². The summed E-state index contributed by atoms with van der Waals surface area (Å²) in [5.74, 6) is -0.927. The quantitative estimate of drug-likeness (QED) is 0.841. The van der Waals surface area contributed by atoms with Crippen LogP contribution in [-0.2, 0) is 6.54 Å². The first-order valence-corrected chi connectivity index (χ1v) is 5.31.